The van der Waals surface area contributed by atoms with Crippen molar-refractivity contribution in [3.63, 3.8) is 0 Å². The molecule has 2 heteroatoms. The maximum Gasteiger partial charge on any atom is 0.185 e. The number of nitrogens with zero attached hydrogens (tertiary/aromatic N) is 1. The molecule has 0 saturated heterocycles. The molecule has 2 rings (SSSR count). The average molecular weight is 197 g/mol. The molecular weight excluding hydrogens is 186 g/mol. The maximum absolute atomic E-state index is 11.6. The van der Waals surface area contributed by atoms with Crippen LogP contribution in [0.2, 0.25) is 0 Å². The number of pyridine rings is 1. The van der Waals surface area contributed by atoms with Crippen LogP contribution in [-0.4, -0.2) is 10.8 Å². The van der Waals surface area contributed by atoms with E-state index >= 15 is 0 Å². The number of benzene rings is 1. The fraction of sp³-hybridized carbons (Fsp3) is 0.0769. The van der Waals surface area contributed by atoms with Crippen LogP contribution in [0.25, 0.3) is 10.9 Å². The molecule has 0 bridgehead atoms. The van der Waals surface area contributed by atoms with Gasteiger partial charge in [-0.25, -0.2) is 0 Å². The molecule has 0 unspecified atom stereocenters. The molecule has 74 valence electrons. The zero-order chi connectivity index (χ0) is 10.7. The summed E-state index contributed by atoms with van der Waals surface area (Å²) >= 11 is 0. The monoisotopic (exact) mass is 197 g/mol. The molecule has 1 aromatic carbocycles. The van der Waals surface area contributed by atoms with E-state index in [2.05, 4.69) is 4.98 Å². The van der Waals surface area contributed by atoms with Gasteiger partial charge in [-0.05, 0) is 25.1 Å². The van der Waals surface area contributed by atoms with Crippen molar-refractivity contribution in [2.45, 2.75) is 6.92 Å². The zero-order valence-electron chi connectivity index (χ0n) is 8.47. The molecule has 0 aliphatic rings. The van der Waals surface area contributed by atoms with E-state index in [9.17, 15) is 4.79 Å². The Kier molecular flexibility index (Phi) is 2.59. The fourth-order valence-corrected chi connectivity index (χ4v) is 1.47. The molecule has 0 aliphatic carbocycles. The molecule has 0 saturated carbocycles. The lowest BCUT2D eigenvalue weighted by Gasteiger charge is -1.99. The van der Waals surface area contributed by atoms with Crippen molar-refractivity contribution in [2.24, 2.45) is 0 Å². The van der Waals surface area contributed by atoms with Crippen molar-refractivity contribution in [1.29, 1.82) is 0 Å². The predicted octanol–water partition coefficient (Wildman–Crippen LogP) is 2.99. The van der Waals surface area contributed by atoms with Gasteiger partial charge in [0.2, 0.25) is 0 Å². The standard InChI is InChI=1S/C13H11NO/c1-2-4-13(15)11-7-6-10-5-3-8-14-12(10)9-11/h2-9H,1H3/b4-2+. The highest BCUT2D eigenvalue weighted by Crippen LogP contribution is 2.13. The van der Waals surface area contributed by atoms with Gasteiger partial charge in [0.05, 0.1) is 5.52 Å². The topological polar surface area (TPSA) is 30.0 Å². The molecule has 15 heavy (non-hydrogen) atoms. The highest BCUT2D eigenvalue weighted by atomic mass is 16.1. The molecule has 0 atom stereocenters. The Morgan fingerprint density at radius 2 is 2.20 bits per heavy atom. The number of ketones is 1. The minimum absolute atomic E-state index is 0.0186. The molecule has 2 aromatic rings. The van der Waals surface area contributed by atoms with Crippen LogP contribution in [-0.2, 0) is 0 Å². The summed E-state index contributed by atoms with van der Waals surface area (Å²) in [6, 6.07) is 9.42. The van der Waals surface area contributed by atoms with Crippen LogP contribution in [0, 0.1) is 0 Å². The summed E-state index contributed by atoms with van der Waals surface area (Å²) in [7, 11) is 0. The Hall–Kier alpha value is -1.96. The van der Waals surface area contributed by atoms with Crippen molar-refractivity contribution in [1.82, 2.24) is 4.98 Å². The SMILES string of the molecule is C/C=C/C(=O)c1ccc2cccnc2c1. The molecule has 0 aliphatic heterocycles. The summed E-state index contributed by atoms with van der Waals surface area (Å²) < 4.78 is 0. The van der Waals surface area contributed by atoms with Gasteiger partial charge in [0, 0.05) is 17.1 Å². The van der Waals surface area contributed by atoms with Gasteiger partial charge < -0.3 is 0 Å². The second-order valence-electron chi connectivity index (χ2n) is 3.28. The Bertz CT molecular complexity index is 529. The van der Waals surface area contributed by atoms with Gasteiger partial charge >= 0.3 is 0 Å². The Morgan fingerprint density at radius 3 is 3.00 bits per heavy atom. The number of allylic oxidation sites excluding steroid dienone is 2. The van der Waals surface area contributed by atoms with E-state index in [0.717, 1.165) is 10.9 Å². The summed E-state index contributed by atoms with van der Waals surface area (Å²) in [4.78, 5) is 15.8. The van der Waals surface area contributed by atoms with Crippen molar-refractivity contribution in [2.75, 3.05) is 0 Å². The lowest BCUT2D eigenvalue weighted by molar-refractivity contribution is 0.104. The summed E-state index contributed by atoms with van der Waals surface area (Å²) in [5, 5.41) is 1.05. The van der Waals surface area contributed by atoms with Crippen LogP contribution in [0.5, 0.6) is 0 Å². The minimum atomic E-state index is 0.0186. The van der Waals surface area contributed by atoms with Gasteiger partial charge in [-0.2, -0.15) is 0 Å². The van der Waals surface area contributed by atoms with Gasteiger partial charge in [0.1, 0.15) is 0 Å². The van der Waals surface area contributed by atoms with E-state index in [0.29, 0.717) is 5.56 Å². The van der Waals surface area contributed by atoms with Crippen molar-refractivity contribution in [3.05, 3.63) is 54.2 Å². The van der Waals surface area contributed by atoms with Gasteiger partial charge in [-0.1, -0.05) is 24.3 Å². The summed E-state index contributed by atoms with van der Waals surface area (Å²) in [6.07, 6.45) is 5.03. The van der Waals surface area contributed by atoms with Gasteiger partial charge in [-0.3, -0.25) is 9.78 Å². The molecule has 2 nitrogen and oxygen atoms in total. The Morgan fingerprint density at radius 1 is 1.33 bits per heavy atom. The first-order chi connectivity index (χ1) is 7.31. The van der Waals surface area contributed by atoms with E-state index < -0.39 is 0 Å². The molecule has 1 aromatic heterocycles. The van der Waals surface area contributed by atoms with Crippen molar-refractivity contribution < 1.29 is 4.79 Å². The maximum atomic E-state index is 11.6. The highest BCUT2D eigenvalue weighted by molar-refractivity contribution is 6.06. The molecular formula is C13H11NO. The van der Waals surface area contributed by atoms with E-state index in [1.807, 2.05) is 37.3 Å². The molecule has 0 N–H and O–H groups in total. The third kappa shape index (κ3) is 1.94. The number of hydrogen-bond donors (Lipinski definition) is 0. The first kappa shape index (κ1) is 9.59. The van der Waals surface area contributed by atoms with Gasteiger partial charge in [0.25, 0.3) is 0 Å². The zero-order valence-corrected chi connectivity index (χ0v) is 8.47. The summed E-state index contributed by atoms with van der Waals surface area (Å²) in [5.74, 6) is 0.0186. The predicted molar refractivity (Wildman–Crippen MR) is 60.9 cm³/mol. The lowest BCUT2D eigenvalue weighted by Crippen LogP contribution is -1.93. The quantitative estimate of drug-likeness (QED) is 0.547. The normalized spacial score (nSPS) is 11.0. The summed E-state index contributed by atoms with van der Waals surface area (Å²) in [5.41, 5.74) is 1.53. The number of carbonyl (C=O) groups excluding carboxylic acids is 1. The third-order valence-electron chi connectivity index (χ3n) is 2.21. The molecule has 0 spiro atoms. The number of rotatable bonds is 2. The van der Waals surface area contributed by atoms with Crippen LogP contribution >= 0.6 is 0 Å². The lowest BCUT2D eigenvalue weighted by atomic mass is 10.1. The minimum Gasteiger partial charge on any atom is -0.289 e. The molecule has 1 heterocycles. The molecule has 0 fully saturated rings. The van der Waals surface area contributed by atoms with Gasteiger partial charge in [-0.15, -0.1) is 0 Å². The summed E-state index contributed by atoms with van der Waals surface area (Å²) in [6.45, 7) is 1.83. The van der Waals surface area contributed by atoms with Crippen LogP contribution in [0.3, 0.4) is 0 Å². The average Bonchev–Trinajstić information content (AvgIpc) is 2.29. The van der Waals surface area contributed by atoms with E-state index in [4.69, 9.17) is 0 Å². The van der Waals surface area contributed by atoms with Crippen molar-refractivity contribution >= 4 is 16.7 Å². The number of hydrogen-bond acceptors (Lipinski definition) is 2. The highest BCUT2D eigenvalue weighted by Gasteiger charge is 2.02. The van der Waals surface area contributed by atoms with Crippen LogP contribution in [0.15, 0.2) is 48.7 Å². The largest absolute Gasteiger partial charge is 0.289 e. The molecule has 0 amide bonds. The number of aromatic nitrogens is 1. The number of fused-ring (bicyclic) bond motifs is 1. The van der Waals surface area contributed by atoms with E-state index in [1.54, 1.807) is 18.3 Å². The van der Waals surface area contributed by atoms with Crippen LogP contribution in [0.1, 0.15) is 17.3 Å². The van der Waals surface area contributed by atoms with E-state index in [1.165, 1.54) is 0 Å². The van der Waals surface area contributed by atoms with Crippen LogP contribution in [0.4, 0.5) is 0 Å². The van der Waals surface area contributed by atoms with Gasteiger partial charge in [0.15, 0.2) is 5.78 Å². The molecule has 0 radical (unpaired) electrons. The Balaban J connectivity index is 2.51. The van der Waals surface area contributed by atoms with Crippen LogP contribution < -0.4 is 0 Å². The second-order valence-corrected chi connectivity index (χ2v) is 3.28. The number of carbonyl (C=O) groups is 1. The Labute approximate surface area is 88.3 Å². The van der Waals surface area contributed by atoms with E-state index in [-0.39, 0.29) is 5.78 Å². The van der Waals surface area contributed by atoms with Crippen molar-refractivity contribution in [3.8, 4) is 0 Å². The second kappa shape index (κ2) is 4.05. The third-order valence-corrected chi connectivity index (χ3v) is 2.21. The smallest absolute Gasteiger partial charge is 0.185 e. The first-order valence-electron chi connectivity index (χ1n) is 4.83. The fourth-order valence-electron chi connectivity index (χ4n) is 1.47. The first-order valence-corrected chi connectivity index (χ1v) is 4.83.